The van der Waals surface area contributed by atoms with Gasteiger partial charge in [0, 0.05) is 17.5 Å². The third-order valence-corrected chi connectivity index (χ3v) is 3.91. The van der Waals surface area contributed by atoms with Crippen LogP contribution in [0.15, 0.2) is 12.4 Å². The summed E-state index contributed by atoms with van der Waals surface area (Å²) in [7, 11) is 3.55. The molecule has 0 aliphatic rings. The number of nitrogens with zero attached hydrogens (tertiary/aromatic N) is 3. The van der Waals surface area contributed by atoms with Crippen LogP contribution < -0.4 is 10.1 Å². The predicted octanol–water partition coefficient (Wildman–Crippen LogP) is 2.53. The number of thiazole rings is 1. The molecule has 5 nitrogen and oxygen atoms in total. The summed E-state index contributed by atoms with van der Waals surface area (Å²) in [6.45, 7) is 5.24. The van der Waals surface area contributed by atoms with E-state index >= 15 is 0 Å². The molecule has 1 N–H and O–H groups in total. The smallest absolute Gasteiger partial charge is 0.216 e. The number of aromatic nitrogens is 3. The second-order valence-corrected chi connectivity index (χ2v) is 6.05. The topological polar surface area (TPSA) is 59.9 Å². The average Bonchev–Trinajstić information content (AvgIpc) is 2.82. The molecule has 2 heterocycles. The van der Waals surface area contributed by atoms with Crippen molar-refractivity contribution >= 4 is 11.3 Å². The second kappa shape index (κ2) is 6.76. The Labute approximate surface area is 123 Å². The molecule has 20 heavy (non-hydrogen) atoms. The minimum absolute atomic E-state index is 0.561. The van der Waals surface area contributed by atoms with E-state index in [1.165, 1.54) is 11.2 Å². The quantitative estimate of drug-likeness (QED) is 0.886. The van der Waals surface area contributed by atoms with Crippen LogP contribution in [0, 0.1) is 5.92 Å². The Morgan fingerprint density at radius 1 is 1.35 bits per heavy atom. The van der Waals surface area contributed by atoms with Crippen LogP contribution in [-0.4, -0.2) is 29.1 Å². The first-order valence-electron chi connectivity index (χ1n) is 6.63. The highest BCUT2D eigenvalue weighted by atomic mass is 32.1. The molecule has 0 saturated heterocycles. The minimum Gasteiger partial charge on any atom is -0.481 e. The van der Waals surface area contributed by atoms with Crippen LogP contribution in [0.25, 0.3) is 10.7 Å². The maximum absolute atomic E-state index is 5.14. The van der Waals surface area contributed by atoms with Crippen molar-refractivity contribution in [3.8, 4) is 16.6 Å². The molecule has 0 aliphatic heterocycles. The van der Waals surface area contributed by atoms with Crippen molar-refractivity contribution in [2.75, 3.05) is 14.2 Å². The Balaban J connectivity index is 2.35. The molecular weight excluding hydrogens is 272 g/mol. The zero-order valence-electron chi connectivity index (χ0n) is 12.3. The molecule has 2 rings (SSSR count). The Hall–Kier alpha value is -1.53. The Bertz CT molecular complexity index is 568. The first kappa shape index (κ1) is 14.9. The summed E-state index contributed by atoms with van der Waals surface area (Å²) < 4.78 is 5.14. The molecule has 0 saturated carbocycles. The normalized spacial score (nSPS) is 11.1. The van der Waals surface area contributed by atoms with Crippen molar-refractivity contribution in [3.63, 3.8) is 0 Å². The number of hydrogen-bond donors (Lipinski definition) is 1. The van der Waals surface area contributed by atoms with Crippen LogP contribution in [0.1, 0.15) is 24.4 Å². The average molecular weight is 292 g/mol. The van der Waals surface area contributed by atoms with E-state index in [0.29, 0.717) is 11.8 Å². The monoisotopic (exact) mass is 292 g/mol. The van der Waals surface area contributed by atoms with Gasteiger partial charge in [-0.3, -0.25) is 0 Å². The fourth-order valence-electron chi connectivity index (χ4n) is 1.91. The van der Waals surface area contributed by atoms with Crippen LogP contribution in [0.3, 0.4) is 0 Å². The van der Waals surface area contributed by atoms with Crippen LogP contribution in [0.2, 0.25) is 0 Å². The lowest BCUT2D eigenvalue weighted by atomic mass is 10.1. The van der Waals surface area contributed by atoms with E-state index in [-0.39, 0.29) is 0 Å². The molecule has 6 heteroatoms. The third kappa shape index (κ3) is 3.52. The lowest BCUT2D eigenvalue weighted by Gasteiger charge is -2.03. The van der Waals surface area contributed by atoms with Crippen molar-refractivity contribution in [1.29, 1.82) is 0 Å². The van der Waals surface area contributed by atoms with Gasteiger partial charge in [0.25, 0.3) is 0 Å². The van der Waals surface area contributed by atoms with Crippen molar-refractivity contribution in [3.05, 3.63) is 23.0 Å². The van der Waals surface area contributed by atoms with E-state index in [1.807, 2.05) is 13.1 Å². The summed E-state index contributed by atoms with van der Waals surface area (Å²) in [6.07, 6.45) is 2.49. The molecule has 0 aromatic carbocycles. The predicted molar refractivity (Wildman–Crippen MR) is 81.0 cm³/mol. The summed E-state index contributed by atoms with van der Waals surface area (Å²) in [5, 5.41) is 4.12. The maximum Gasteiger partial charge on any atom is 0.216 e. The molecular formula is C14H20N4OS. The molecule has 0 unspecified atom stereocenters. The van der Waals surface area contributed by atoms with Gasteiger partial charge >= 0.3 is 0 Å². The summed E-state index contributed by atoms with van der Waals surface area (Å²) in [5.41, 5.74) is 1.97. The van der Waals surface area contributed by atoms with Crippen molar-refractivity contribution in [1.82, 2.24) is 20.3 Å². The van der Waals surface area contributed by atoms with Gasteiger partial charge in [-0.15, -0.1) is 11.3 Å². The van der Waals surface area contributed by atoms with Crippen LogP contribution >= 0.6 is 11.3 Å². The van der Waals surface area contributed by atoms with E-state index in [4.69, 9.17) is 9.72 Å². The standard InChI is InChI=1S/C14H20N4OS/c1-9(2)5-10-12(7-15-3)20-14(18-10)11-6-13(19-4)17-8-16-11/h6,8-9,15H,5,7H2,1-4H3. The van der Waals surface area contributed by atoms with E-state index in [9.17, 15) is 0 Å². The first-order chi connectivity index (χ1) is 9.63. The van der Waals surface area contributed by atoms with E-state index in [0.717, 1.165) is 29.4 Å². The van der Waals surface area contributed by atoms with Crippen LogP contribution in [-0.2, 0) is 13.0 Å². The SMILES string of the molecule is CNCc1sc(-c2cc(OC)ncn2)nc1CC(C)C. The van der Waals surface area contributed by atoms with Crippen molar-refractivity contribution in [2.45, 2.75) is 26.8 Å². The summed E-state index contributed by atoms with van der Waals surface area (Å²) in [4.78, 5) is 14.3. The van der Waals surface area contributed by atoms with Crippen LogP contribution in [0.5, 0.6) is 5.88 Å². The summed E-state index contributed by atoms with van der Waals surface area (Å²) in [5.74, 6) is 1.14. The molecule has 0 bridgehead atoms. The van der Waals surface area contributed by atoms with Gasteiger partial charge in [0.1, 0.15) is 17.0 Å². The highest BCUT2D eigenvalue weighted by Crippen LogP contribution is 2.29. The Morgan fingerprint density at radius 3 is 2.80 bits per heavy atom. The molecule has 108 valence electrons. The van der Waals surface area contributed by atoms with E-state index < -0.39 is 0 Å². The molecule has 0 spiro atoms. The largest absolute Gasteiger partial charge is 0.481 e. The lowest BCUT2D eigenvalue weighted by Crippen LogP contribution is -2.07. The fraction of sp³-hybridized carbons (Fsp3) is 0.500. The summed E-state index contributed by atoms with van der Waals surface area (Å²) >= 11 is 1.68. The number of rotatable bonds is 6. The van der Waals surface area contributed by atoms with Crippen molar-refractivity contribution in [2.24, 2.45) is 5.92 Å². The van der Waals surface area contributed by atoms with Gasteiger partial charge in [0.15, 0.2) is 0 Å². The van der Waals surface area contributed by atoms with Gasteiger partial charge in [-0.05, 0) is 19.4 Å². The Kier molecular flexibility index (Phi) is 5.03. The van der Waals surface area contributed by atoms with E-state index in [1.54, 1.807) is 18.4 Å². The van der Waals surface area contributed by atoms with Crippen molar-refractivity contribution < 1.29 is 4.74 Å². The van der Waals surface area contributed by atoms with Crippen LogP contribution in [0.4, 0.5) is 0 Å². The highest BCUT2D eigenvalue weighted by Gasteiger charge is 2.14. The molecule has 0 atom stereocenters. The first-order valence-corrected chi connectivity index (χ1v) is 7.45. The molecule has 0 aliphatic carbocycles. The molecule has 0 fully saturated rings. The fourth-order valence-corrected chi connectivity index (χ4v) is 2.97. The molecule has 2 aromatic heterocycles. The van der Waals surface area contributed by atoms with Gasteiger partial charge in [0.2, 0.25) is 5.88 Å². The van der Waals surface area contributed by atoms with E-state index in [2.05, 4.69) is 29.1 Å². The van der Waals surface area contributed by atoms with Gasteiger partial charge in [-0.2, -0.15) is 0 Å². The number of ether oxygens (including phenoxy) is 1. The van der Waals surface area contributed by atoms with Gasteiger partial charge in [0.05, 0.1) is 12.8 Å². The zero-order chi connectivity index (χ0) is 14.5. The van der Waals surface area contributed by atoms with Gasteiger partial charge in [-0.25, -0.2) is 15.0 Å². The number of nitrogens with one attached hydrogen (secondary N) is 1. The third-order valence-electron chi connectivity index (χ3n) is 2.79. The molecule has 2 aromatic rings. The van der Waals surface area contributed by atoms with Gasteiger partial charge < -0.3 is 10.1 Å². The molecule has 0 amide bonds. The number of methoxy groups -OCH3 is 1. The maximum atomic E-state index is 5.14. The minimum atomic E-state index is 0.561. The highest BCUT2D eigenvalue weighted by molar-refractivity contribution is 7.15. The number of hydrogen-bond acceptors (Lipinski definition) is 6. The zero-order valence-corrected chi connectivity index (χ0v) is 13.1. The second-order valence-electron chi connectivity index (χ2n) is 4.96. The Morgan fingerprint density at radius 2 is 2.15 bits per heavy atom. The summed E-state index contributed by atoms with van der Waals surface area (Å²) in [6, 6.07) is 1.82. The molecule has 0 radical (unpaired) electrons. The van der Waals surface area contributed by atoms with Gasteiger partial charge in [-0.1, -0.05) is 13.8 Å². The lowest BCUT2D eigenvalue weighted by molar-refractivity contribution is 0.397.